The standard InChI is InChI=1S/C14H28N2O4/c1-14(2,3)20-13(18)16-11-6-5-10(7-11)15-12(8-17)9-19-4/h10-12,15,17H,5-9H2,1-4H3,(H,16,18). The predicted octanol–water partition coefficient (Wildman–Crippen LogP) is 1.03. The van der Waals surface area contributed by atoms with E-state index in [1.165, 1.54) is 0 Å². The van der Waals surface area contributed by atoms with Crippen LogP contribution in [0.1, 0.15) is 40.0 Å². The molecule has 0 bridgehead atoms. The number of amides is 1. The number of nitrogens with one attached hydrogen (secondary N) is 2. The Bertz CT molecular complexity index is 304. The lowest BCUT2D eigenvalue weighted by Gasteiger charge is -2.22. The van der Waals surface area contributed by atoms with E-state index in [4.69, 9.17) is 9.47 Å². The Balaban J connectivity index is 2.31. The Labute approximate surface area is 121 Å². The van der Waals surface area contributed by atoms with Gasteiger partial charge in [0.25, 0.3) is 0 Å². The first-order valence-corrected chi connectivity index (χ1v) is 7.19. The van der Waals surface area contributed by atoms with Gasteiger partial charge in [-0.15, -0.1) is 0 Å². The molecule has 0 radical (unpaired) electrons. The van der Waals surface area contributed by atoms with Crippen LogP contribution < -0.4 is 10.6 Å². The second-order valence-corrected chi connectivity index (χ2v) is 6.35. The van der Waals surface area contributed by atoms with E-state index in [2.05, 4.69) is 10.6 Å². The van der Waals surface area contributed by atoms with Gasteiger partial charge in [0.1, 0.15) is 5.60 Å². The Morgan fingerprint density at radius 1 is 1.35 bits per heavy atom. The minimum Gasteiger partial charge on any atom is -0.444 e. The van der Waals surface area contributed by atoms with Crippen LogP contribution >= 0.6 is 0 Å². The van der Waals surface area contributed by atoms with Crippen molar-refractivity contribution in [2.75, 3.05) is 20.3 Å². The minimum atomic E-state index is -0.471. The molecule has 1 rings (SSSR count). The third-order valence-corrected chi connectivity index (χ3v) is 3.21. The fourth-order valence-electron chi connectivity index (χ4n) is 2.43. The summed E-state index contributed by atoms with van der Waals surface area (Å²) in [7, 11) is 1.62. The summed E-state index contributed by atoms with van der Waals surface area (Å²) in [6.45, 7) is 6.08. The van der Waals surface area contributed by atoms with Gasteiger partial charge in [0, 0.05) is 19.2 Å². The van der Waals surface area contributed by atoms with E-state index >= 15 is 0 Å². The van der Waals surface area contributed by atoms with Gasteiger partial charge in [-0.1, -0.05) is 0 Å². The second-order valence-electron chi connectivity index (χ2n) is 6.35. The lowest BCUT2D eigenvalue weighted by Crippen LogP contribution is -2.43. The van der Waals surface area contributed by atoms with Crippen LogP contribution in [-0.2, 0) is 9.47 Å². The maximum atomic E-state index is 11.7. The fourth-order valence-corrected chi connectivity index (χ4v) is 2.43. The Kier molecular flexibility index (Phi) is 6.71. The van der Waals surface area contributed by atoms with Crippen molar-refractivity contribution in [2.24, 2.45) is 0 Å². The van der Waals surface area contributed by atoms with E-state index in [1.807, 2.05) is 20.8 Å². The quantitative estimate of drug-likeness (QED) is 0.680. The lowest BCUT2D eigenvalue weighted by atomic mass is 10.2. The Morgan fingerprint density at radius 3 is 2.55 bits per heavy atom. The van der Waals surface area contributed by atoms with Gasteiger partial charge in [-0.3, -0.25) is 0 Å². The predicted molar refractivity (Wildman–Crippen MR) is 76.7 cm³/mol. The molecule has 0 aromatic heterocycles. The molecular weight excluding hydrogens is 260 g/mol. The number of hydrogen-bond donors (Lipinski definition) is 3. The zero-order valence-corrected chi connectivity index (χ0v) is 12.9. The van der Waals surface area contributed by atoms with Crippen molar-refractivity contribution in [1.82, 2.24) is 10.6 Å². The van der Waals surface area contributed by atoms with Gasteiger partial charge in [-0.05, 0) is 40.0 Å². The van der Waals surface area contributed by atoms with Crippen LogP contribution in [0.3, 0.4) is 0 Å². The molecule has 1 amide bonds. The molecule has 3 unspecified atom stereocenters. The summed E-state index contributed by atoms with van der Waals surface area (Å²) >= 11 is 0. The molecule has 0 aliphatic heterocycles. The number of aliphatic hydroxyl groups is 1. The van der Waals surface area contributed by atoms with Crippen molar-refractivity contribution in [3.63, 3.8) is 0 Å². The van der Waals surface area contributed by atoms with Crippen LogP contribution in [0.15, 0.2) is 0 Å². The molecule has 0 heterocycles. The zero-order chi connectivity index (χ0) is 15.2. The highest BCUT2D eigenvalue weighted by Gasteiger charge is 2.28. The third kappa shape index (κ3) is 6.54. The van der Waals surface area contributed by atoms with Gasteiger partial charge in [-0.2, -0.15) is 0 Å². The van der Waals surface area contributed by atoms with Crippen LogP contribution in [-0.4, -0.2) is 55.2 Å². The molecule has 1 aliphatic carbocycles. The number of alkyl carbamates (subject to hydrolysis) is 1. The van der Waals surface area contributed by atoms with Crippen LogP contribution in [0.5, 0.6) is 0 Å². The average Bonchev–Trinajstić information content (AvgIpc) is 2.73. The van der Waals surface area contributed by atoms with Gasteiger partial charge in [0.15, 0.2) is 0 Å². The number of carbonyl (C=O) groups is 1. The smallest absolute Gasteiger partial charge is 0.407 e. The number of carbonyl (C=O) groups excluding carboxylic acids is 1. The molecule has 0 aromatic carbocycles. The van der Waals surface area contributed by atoms with Gasteiger partial charge in [0.05, 0.1) is 19.3 Å². The molecule has 1 aliphatic rings. The van der Waals surface area contributed by atoms with Crippen molar-refractivity contribution in [3.05, 3.63) is 0 Å². The molecule has 1 fully saturated rings. The first kappa shape index (κ1) is 17.2. The van der Waals surface area contributed by atoms with E-state index in [-0.39, 0.29) is 24.8 Å². The summed E-state index contributed by atoms with van der Waals surface area (Å²) in [6.07, 6.45) is 2.38. The molecule has 0 aromatic rings. The van der Waals surface area contributed by atoms with Crippen LogP contribution in [0, 0.1) is 0 Å². The van der Waals surface area contributed by atoms with Crippen molar-refractivity contribution >= 4 is 6.09 Å². The van der Waals surface area contributed by atoms with E-state index in [1.54, 1.807) is 7.11 Å². The van der Waals surface area contributed by atoms with E-state index < -0.39 is 5.60 Å². The van der Waals surface area contributed by atoms with Crippen molar-refractivity contribution < 1.29 is 19.4 Å². The normalized spacial score (nSPS) is 24.4. The summed E-state index contributed by atoms with van der Waals surface area (Å²) in [5.74, 6) is 0. The van der Waals surface area contributed by atoms with Gasteiger partial charge in [0.2, 0.25) is 0 Å². The second kappa shape index (κ2) is 7.81. The number of hydrogen-bond acceptors (Lipinski definition) is 5. The van der Waals surface area contributed by atoms with E-state index in [0.717, 1.165) is 19.3 Å². The highest BCUT2D eigenvalue weighted by Crippen LogP contribution is 2.20. The number of ether oxygens (including phenoxy) is 2. The molecule has 20 heavy (non-hydrogen) atoms. The topological polar surface area (TPSA) is 79.8 Å². The number of rotatable bonds is 6. The number of methoxy groups -OCH3 is 1. The summed E-state index contributed by atoms with van der Waals surface area (Å²) in [5, 5.41) is 15.5. The maximum Gasteiger partial charge on any atom is 0.407 e. The first-order chi connectivity index (χ1) is 9.34. The van der Waals surface area contributed by atoms with E-state index in [9.17, 15) is 9.90 Å². The zero-order valence-electron chi connectivity index (χ0n) is 12.9. The van der Waals surface area contributed by atoms with Crippen molar-refractivity contribution in [2.45, 2.75) is 63.8 Å². The molecule has 0 saturated heterocycles. The highest BCUT2D eigenvalue weighted by atomic mass is 16.6. The largest absolute Gasteiger partial charge is 0.444 e. The third-order valence-electron chi connectivity index (χ3n) is 3.21. The van der Waals surface area contributed by atoms with Gasteiger partial charge in [-0.25, -0.2) is 4.79 Å². The molecule has 118 valence electrons. The molecule has 6 heteroatoms. The maximum absolute atomic E-state index is 11.7. The van der Waals surface area contributed by atoms with Crippen molar-refractivity contribution in [3.8, 4) is 0 Å². The fraction of sp³-hybridized carbons (Fsp3) is 0.929. The molecule has 3 N–H and O–H groups in total. The van der Waals surface area contributed by atoms with E-state index in [0.29, 0.717) is 12.6 Å². The average molecular weight is 288 g/mol. The highest BCUT2D eigenvalue weighted by molar-refractivity contribution is 5.68. The van der Waals surface area contributed by atoms with Crippen LogP contribution in [0.25, 0.3) is 0 Å². The first-order valence-electron chi connectivity index (χ1n) is 7.19. The van der Waals surface area contributed by atoms with Gasteiger partial charge >= 0.3 is 6.09 Å². The van der Waals surface area contributed by atoms with Crippen molar-refractivity contribution in [1.29, 1.82) is 0 Å². The molecule has 3 atom stereocenters. The SMILES string of the molecule is COCC(CO)NC1CCC(NC(=O)OC(C)(C)C)C1. The molecule has 1 saturated carbocycles. The van der Waals surface area contributed by atoms with Crippen LogP contribution in [0.4, 0.5) is 4.79 Å². The number of aliphatic hydroxyl groups excluding tert-OH is 1. The monoisotopic (exact) mass is 288 g/mol. The lowest BCUT2D eigenvalue weighted by molar-refractivity contribution is 0.0504. The Hall–Kier alpha value is -0.850. The molecule has 0 spiro atoms. The van der Waals surface area contributed by atoms with Gasteiger partial charge < -0.3 is 25.2 Å². The van der Waals surface area contributed by atoms with Crippen LogP contribution in [0.2, 0.25) is 0 Å². The summed E-state index contributed by atoms with van der Waals surface area (Å²) in [5.41, 5.74) is -0.471. The molecular formula is C14H28N2O4. The summed E-state index contributed by atoms with van der Waals surface area (Å²) in [6, 6.07) is 0.372. The summed E-state index contributed by atoms with van der Waals surface area (Å²) < 4.78 is 10.3. The molecule has 6 nitrogen and oxygen atoms in total. The Morgan fingerprint density at radius 2 is 2.00 bits per heavy atom. The summed E-state index contributed by atoms with van der Waals surface area (Å²) in [4.78, 5) is 11.7. The minimum absolute atomic E-state index is 0.0501.